The Kier molecular flexibility index (Phi) is 7.83. The van der Waals surface area contributed by atoms with E-state index in [1.807, 2.05) is 61.9 Å². The molecular weight excluding hydrogens is 436 g/mol. The van der Waals surface area contributed by atoms with Crippen molar-refractivity contribution in [3.63, 3.8) is 0 Å². The number of aromatic amines is 1. The first-order valence-corrected chi connectivity index (χ1v) is 11.0. The molecule has 3 aromatic rings. The molecule has 2 atom stereocenters. The number of H-pyrrole nitrogens is 1. The molecular formula is C24H30N6O4. The summed E-state index contributed by atoms with van der Waals surface area (Å²) >= 11 is 0. The molecule has 10 heteroatoms. The summed E-state index contributed by atoms with van der Waals surface area (Å²) in [7, 11) is 0. The number of ether oxygens (including phenoxy) is 1. The lowest BCUT2D eigenvalue weighted by molar-refractivity contribution is -0.135. The highest BCUT2D eigenvalue weighted by Gasteiger charge is 2.31. The maximum Gasteiger partial charge on any atom is 0.408 e. The molecule has 0 radical (unpaired) electrons. The van der Waals surface area contributed by atoms with Crippen molar-refractivity contribution in [3.05, 3.63) is 66.4 Å². The van der Waals surface area contributed by atoms with E-state index in [1.165, 1.54) is 19.2 Å². The second kappa shape index (κ2) is 10.8. The average Bonchev–Trinajstić information content (AvgIpc) is 3.45. The van der Waals surface area contributed by atoms with Crippen LogP contribution >= 0.6 is 0 Å². The van der Waals surface area contributed by atoms with E-state index < -0.39 is 29.9 Å². The molecule has 0 spiro atoms. The molecule has 1 aromatic carbocycles. The number of carbonyl (C=O) groups excluding carboxylic acids is 3. The number of hydrogen-bond acceptors (Lipinski definition) is 6. The zero-order valence-electron chi connectivity index (χ0n) is 19.7. The Morgan fingerprint density at radius 1 is 1.15 bits per heavy atom. The summed E-state index contributed by atoms with van der Waals surface area (Å²) in [4.78, 5) is 41.4. The van der Waals surface area contributed by atoms with Crippen LogP contribution in [-0.4, -0.2) is 49.7 Å². The highest BCUT2D eigenvalue weighted by Crippen LogP contribution is 2.24. The van der Waals surface area contributed by atoms with E-state index in [0.29, 0.717) is 13.0 Å². The maximum atomic E-state index is 12.5. The van der Waals surface area contributed by atoms with Crippen molar-refractivity contribution in [1.29, 1.82) is 0 Å². The zero-order chi connectivity index (χ0) is 24.7. The van der Waals surface area contributed by atoms with Crippen LogP contribution in [0.4, 0.5) is 10.6 Å². The number of benzene rings is 1. The van der Waals surface area contributed by atoms with E-state index in [9.17, 15) is 14.4 Å². The Balaban J connectivity index is 1.56. The molecule has 10 nitrogen and oxygen atoms in total. The third-order valence-electron chi connectivity index (χ3n) is 5.21. The van der Waals surface area contributed by atoms with Crippen LogP contribution in [0, 0.1) is 5.41 Å². The molecule has 0 bridgehead atoms. The zero-order valence-corrected chi connectivity index (χ0v) is 19.7. The number of rotatable bonds is 9. The second-order valence-corrected chi connectivity index (χ2v) is 9.14. The minimum Gasteiger partial charge on any atom is -0.444 e. The van der Waals surface area contributed by atoms with Gasteiger partial charge in [-0.3, -0.25) is 14.7 Å². The normalized spacial score (nSPS) is 13.1. The molecule has 0 unspecified atom stereocenters. The molecule has 0 aliphatic heterocycles. The largest absolute Gasteiger partial charge is 0.444 e. The van der Waals surface area contributed by atoms with Crippen LogP contribution < -0.4 is 10.6 Å². The van der Waals surface area contributed by atoms with E-state index in [4.69, 9.17) is 4.74 Å². The lowest BCUT2D eigenvalue weighted by atomic mass is 9.89. The Hall–Kier alpha value is -3.95. The molecule has 3 N–H and O–H groups in total. The number of hydrogen-bond donors (Lipinski definition) is 3. The van der Waals surface area contributed by atoms with Gasteiger partial charge in [0.05, 0.1) is 30.8 Å². The number of imidazole rings is 1. The van der Waals surface area contributed by atoms with Gasteiger partial charge in [-0.05, 0) is 12.5 Å². The Morgan fingerprint density at radius 3 is 2.53 bits per heavy atom. The van der Waals surface area contributed by atoms with E-state index in [2.05, 4.69) is 25.8 Å². The minimum absolute atomic E-state index is 0.285. The van der Waals surface area contributed by atoms with E-state index in [0.717, 1.165) is 11.3 Å². The topological polar surface area (TPSA) is 131 Å². The van der Waals surface area contributed by atoms with Crippen LogP contribution in [0.3, 0.4) is 0 Å². The fourth-order valence-corrected chi connectivity index (χ4v) is 3.19. The number of nitrogens with one attached hydrogen (secondary N) is 3. The van der Waals surface area contributed by atoms with Crippen molar-refractivity contribution in [1.82, 2.24) is 25.1 Å². The van der Waals surface area contributed by atoms with Crippen molar-refractivity contribution < 1.29 is 19.1 Å². The summed E-state index contributed by atoms with van der Waals surface area (Å²) in [5, 5.41) is 11.1. The van der Waals surface area contributed by atoms with Crippen molar-refractivity contribution in [3.8, 4) is 0 Å². The van der Waals surface area contributed by atoms with Gasteiger partial charge < -0.3 is 19.9 Å². The van der Waals surface area contributed by atoms with Gasteiger partial charge in [0.15, 0.2) is 0 Å². The lowest BCUT2D eigenvalue weighted by Crippen LogP contribution is -2.46. The second-order valence-electron chi connectivity index (χ2n) is 9.14. The third-order valence-corrected chi connectivity index (χ3v) is 5.21. The standard InChI is InChI=1S/C24H30N6O4/c1-16(21(31)22(32)28-20-10-11-26-29-20)27-23(33)34-19(24(2,3)4)14-30-13-18(25-15-30)12-17-8-6-5-7-9-17/h5-11,13,15-16,19H,12,14H2,1-4H3,(H,27,33)(H2,26,28,29,32)/t16-,19+/m0/s1. The number of amides is 2. The molecule has 34 heavy (non-hydrogen) atoms. The summed E-state index contributed by atoms with van der Waals surface area (Å²) in [6, 6.07) is 10.5. The Morgan fingerprint density at radius 2 is 1.88 bits per heavy atom. The quantitative estimate of drug-likeness (QED) is 0.416. The molecule has 0 aliphatic carbocycles. The fourth-order valence-electron chi connectivity index (χ4n) is 3.19. The van der Waals surface area contributed by atoms with Crippen LogP contribution in [0.1, 0.15) is 39.0 Å². The van der Waals surface area contributed by atoms with Gasteiger partial charge in [-0.15, -0.1) is 0 Å². The summed E-state index contributed by atoms with van der Waals surface area (Å²) in [5.41, 5.74) is 1.68. The first-order chi connectivity index (χ1) is 16.1. The first kappa shape index (κ1) is 24.7. The van der Waals surface area contributed by atoms with Crippen molar-refractivity contribution in [2.75, 3.05) is 5.32 Å². The molecule has 0 aliphatic rings. The summed E-state index contributed by atoms with van der Waals surface area (Å²) in [6.07, 6.45) is 4.50. The average molecular weight is 467 g/mol. The van der Waals surface area contributed by atoms with Crippen molar-refractivity contribution in [2.24, 2.45) is 5.41 Å². The number of alkyl carbamates (subject to hydrolysis) is 1. The smallest absolute Gasteiger partial charge is 0.408 e. The highest BCUT2D eigenvalue weighted by molar-refractivity contribution is 6.42. The summed E-state index contributed by atoms with van der Waals surface area (Å²) in [6.45, 7) is 7.69. The highest BCUT2D eigenvalue weighted by atomic mass is 16.6. The van der Waals surface area contributed by atoms with Crippen molar-refractivity contribution >= 4 is 23.6 Å². The minimum atomic E-state index is -1.07. The molecule has 2 amide bonds. The van der Waals surface area contributed by atoms with Crippen molar-refractivity contribution in [2.45, 2.75) is 52.8 Å². The Labute approximate surface area is 198 Å². The number of nitrogens with zero attached hydrogens (tertiary/aromatic N) is 3. The van der Waals surface area contributed by atoms with E-state index in [1.54, 1.807) is 6.33 Å². The summed E-state index contributed by atoms with van der Waals surface area (Å²) < 4.78 is 7.54. The molecule has 2 heterocycles. The maximum absolute atomic E-state index is 12.5. The van der Waals surface area contributed by atoms with Crippen LogP contribution in [0.15, 0.2) is 55.1 Å². The van der Waals surface area contributed by atoms with E-state index >= 15 is 0 Å². The van der Waals surface area contributed by atoms with Gasteiger partial charge in [-0.1, -0.05) is 51.1 Å². The molecule has 0 saturated carbocycles. The SMILES string of the molecule is C[C@H](NC(=O)O[C@H](Cn1cnc(Cc2ccccc2)c1)C(C)(C)C)C(=O)C(=O)Nc1ccn[nH]1. The molecule has 0 saturated heterocycles. The predicted molar refractivity (Wildman–Crippen MR) is 126 cm³/mol. The lowest BCUT2D eigenvalue weighted by Gasteiger charge is -2.30. The molecule has 0 fully saturated rings. The number of aromatic nitrogens is 4. The predicted octanol–water partition coefficient (Wildman–Crippen LogP) is 2.93. The number of anilines is 1. The number of carbonyl (C=O) groups is 3. The van der Waals surface area contributed by atoms with Crippen LogP contribution in [0.5, 0.6) is 0 Å². The number of Topliss-reactive ketones (excluding diaryl/α,β-unsaturated/α-hetero) is 1. The van der Waals surface area contributed by atoms with Crippen LogP contribution in [-0.2, 0) is 27.3 Å². The van der Waals surface area contributed by atoms with Crippen LogP contribution in [0.25, 0.3) is 0 Å². The first-order valence-electron chi connectivity index (χ1n) is 11.0. The van der Waals surface area contributed by atoms with Gasteiger partial charge in [0.2, 0.25) is 5.78 Å². The number of ketones is 1. The van der Waals surface area contributed by atoms with Gasteiger partial charge in [-0.2, -0.15) is 5.10 Å². The molecule has 2 aromatic heterocycles. The van der Waals surface area contributed by atoms with E-state index in [-0.39, 0.29) is 11.2 Å². The fraction of sp³-hybridized carbons (Fsp3) is 0.375. The third kappa shape index (κ3) is 7.03. The monoisotopic (exact) mass is 466 g/mol. The van der Waals surface area contributed by atoms with Gasteiger partial charge in [0.25, 0.3) is 5.91 Å². The van der Waals surface area contributed by atoms with Crippen LogP contribution in [0.2, 0.25) is 0 Å². The molecule has 180 valence electrons. The van der Waals surface area contributed by atoms with Gasteiger partial charge >= 0.3 is 6.09 Å². The summed E-state index contributed by atoms with van der Waals surface area (Å²) in [5.74, 6) is -1.39. The Bertz CT molecular complexity index is 1100. The van der Waals surface area contributed by atoms with Gasteiger partial charge in [-0.25, -0.2) is 9.78 Å². The van der Waals surface area contributed by atoms with Gasteiger partial charge in [0.1, 0.15) is 11.9 Å². The van der Waals surface area contributed by atoms with Gasteiger partial charge in [0, 0.05) is 24.1 Å². The molecule has 3 rings (SSSR count).